The first-order valence-corrected chi connectivity index (χ1v) is 6.46. The Morgan fingerprint density at radius 2 is 1.68 bits per heavy atom. The lowest BCUT2D eigenvalue weighted by atomic mass is 10.1. The predicted molar refractivity (Wildman–Crippen MR) is 80.8 cm³/mol. The molecule has 100 valence electrons. The molecule has 0 unspecified atom stereocenters. The van der Waals surface area contributed by atoms with Gasteiger partial charge in [0.1, 0.15) is 12.4 Å². The molecule has 0 aliphatic rings. The zero-order chi connectivity index (χ0) is 13.7. The van der Waals surface area contributed by atoms with Crippen LogP contribution in [0.3, 0.4) is 0 Å². The second-order valence-electron chi connectivity index (χ2n) is 4.58. The van der Waals surface area contributed by atoms with Crippen LogP contribution in [0.2, 0.25) is 0 Å². The maximum Gasteiger partial charge on any atom is 0.125 e. The zero-order valence-electron chi connectivity index (χ0n) is 11.4. The quantitative estimate of drug-likeness (QED) is 0.637. The van der Waals surface area contributed by atoms with Gasteiger partial charge in [-0.3, -0.25) is 0 Å². The molecule has 0 heterocycles. The Hall–Kier alpha value is -2.16. The molecule has 2 aromatic rings. The topological polar surface area (TPSA) is 47.3 Å². The number of rotatable bonds is 5. The molecule has 3 heteroatoms. The van der Waals surface area contributed by atoms with E-state index < -0.39 is 0 Å². The highest BCUT2D eigenvalue weighted by molar-refractivity contribution is 5.65. The molecule has 0 fully saturated rings. The van der Waals surface area contributed by atoms with Gasteiger partial charge in [0.05, 0.1) is 11.4 Å². The summed E-state index contributed by atoms with van der Waals surface area (Å²) in [5.74, 6) is 0.977. The number of nitrogen functional groups attached to an aromatic ring is 1. The van der Waals surface area contributed by atoms with Gasteiger partial charge in [-0.25, -0.2) is 0 Å². The third-order valence-electron chi connectivity index (χ3n) is 3.03. The number of ether oxygens (including phenoxy) is 1. The van der Waals surface area contributed by atoms with Crippen LogP contribution >= 0.6 is 0 Å². The molecule has 0 aliphatic heterocycles. The number of aryl methyl sites for hydroxylation is 2. The van der Waals surface area contributed by atoms with Crippen LogP contribution in [-0.2, 0) is 0 Å². The molecule has 0 amide bonds. The summed E-state index contributed by atoms with van der Waals surface area (Å²) < 4.78 is 5.83. The lowest BCUT2D eigenvalue weighted by Crippen LogP contribution is -2.13. The predicted octanol–water partition coefficient (Wildman–Crippen LogP) is 3.38. The Kier molecular flexibility index (Phi) is 4.29. The van der Waals surface area contributed by atoms with Gasteiger partial charge < -0.3 is 15.8 Å². The van der Waals surface area contributed by atoms with Crippen molar-refractivity contribution in [1.82, 2.24) is 0 Å². The summed E-state index contributed by atoms with van der Waals surface area (Å²) in [6.45, 7) is 5.46. The fourth-order valence-electron chi connectivity index (χ4n) is 2.02. The SMILES string of the molecule is Cc1cccc(C)c1OCCNc1ccccc1N. The van der Waals surface area contributed by atoms with Crippen LogP contribution in [-0.4, -0.2) is 13.2 Å². The molecule has 3 nitrogen and oxygen atoms in total. The molecule has 0 aliphatic carbocycles. The minimum absolute atomic E-state index is 0.611. The number of nitrogens with two attached hydrogens (primary N) is 1. The molecular formula is C16H20N2O. The third kappa shape index (κ3) is 3.41. The first kappa shape index (κ1) is 13.3. The fraction of sp³-hybridized carbons (Fsp3) is 0.250. The number of hydrogen-bond donors (Lipinski definition) is 2. The van der Waals surface area contributed by atoms with Crippen molar-refractivity contribution in [2.24, 2.45) is 0 Å². The molecule has 2 rings (SSSR count). The van der Waals surface area contributed by atoms with Crippen molar-refractivity contribution in [2.45, 2.75) is 13.8 Å². The Morgan fingerprint density at radius 3 is 2.37 bits per heavy atom. The maximum absolute atomic E-state index is 5.86. The van der Waals surface area contributed by atoms with Crippen molar-refractivity contribution < 1.29 is 4.74 Å². The van der Waals surface area contributed by atoms with Gasteiger partial charge in [0.25, 0.3) is 0 Å². The van der Waals surface area contributed by atoms with Crippen LogP contribution in [0.15, 0.2) is 42.5 Å². The lowest BCUT2D eigenvalue weighted by Gasteiger charge is -2.13. The molecule has 0 spiro atoms. The van der Waals surface area contributed by atoms with E-state index in [0.29, 0.717) is 6.61 Å². The zero-order valence-corrected chi connectivity index (χ0v) is 11.4. The van der Waals surface area contributed by atoms with Gasteiger partial charge in [-0.1, -0.05) is 30.3 Å². The van der Waals surface area contributed by atoms with Crippen molar-refractivity contribution in [3.05, 3.63) is 53.6 Å². The van der Waals surface area contributed by atoms with Gasteiger partial charge in [0.15, 0.2) is 0 Å². The van der Waals surface area contributed by atoms with Crippen LogP contribution in [0.5, 0.6) is 5.75 Å². The minimum atomic E-state index is 0.611. The molecule has 0 saturated carbocycles. The number of anilines is 2. The van der Waals surface area contributed by atoms with Crippen LogP contribution in [0.1, 0.15) is 11.1 Å². The molecule has 0 aromatic heterocycles. The Labute approximate surface area is 114 Å². The summed E-state index contributed by atoms with van der Waals surface area (Å²) in [5, 5.41) is 3.27. The monoisotopic (exact) mass is 256 g/mol. The molecule has 0 atom stereocenters. The largest absolute Gasteiger partial charge is 0.491 e. The first-order chi connectivity index (χ1) is 9.18. The van der Waals surface area contributed by atoms with Crippen molar-refractivity contribution in [3.8, 4) is 5.75 Å². The average molecular weight is 256 g/mol. The van der Waals surface area contributed by atoms with Crippen molar-refractivity contribution in [1.29, 1.82) is 0 Å². The highest BCUT2D eigenvalue weighted by Gasteiger charge is 2.02. The summed E-state index contributed by atoms with van der Waals surface area (Å²) in [5.41, 5.74) is 9.90. The van der Waals surface area contributed by atoms with E-state index in [2.05, 4.69) is 31.3 Å². The molecule has 0 bridgehead atoms. The molecule has 0 radical (unpaired) electrons. The van der Waals surface area contributed by atoms with Crippen molar-refractivity contribution in [2.75, 3.05) is 24.2 Å². The van der Waals surface area contributed by atoms with Gasteiger partial charge in [-0.05, 0) is 37.1 Å². The van der Waals surface area contributed by atoms with E-state index in [9.17, 15) is 0 Å². The molecule has 19 heavy (non-hydrogen) atoms. The maximum atomic E-state index is 5.86. The number of benzene rings is 2. The van der Waals surface area contributed by atoms with Crippen LogP contribution in [0.25, 0.3) is 0 Å². The first-order valence-electron chi connectivity index (χ1n) is 6.46. The number of nitrogens with one attached hydrogen (secondary N) is 1. The Bertz CT molecular complexity index is 532. The van der Waals surface area contributed by atoms with Crippen molar-refractivity contribution >= 4 is 11.4 Å². The summed E-state index contributed by atoms with van der Waals surface area (Å²) in [7, 11) is 0. The molecular weight excluding hydrogens is 236 g/mol. The molecule has 3 N–H and O–H groups in total. The van der Waals surface area contributed by atoms with Gasteiger partial charge in [-0.2, -0.15) is 0 Å². The lowest BCUT2D eigenvalue weighted by molar-refractivity contribution is 0.328. The van der Waals surface area contributed by atoms with E-state index in [1.165, 1.54) is 11.1 Å². The summed E-state index contributed by atoms with van der Waals surface area (Å²) in [6.07, 6.45) is 0. The van der Waals surface area contributed by atoms with Crippen molar-refractivity contribution in [3.63, 3.8) is 0 Å². The van der Waals surface area contributed by atoms with E-state index >= 15 is 0 Å². The van der Waals surface area contributed by atoms with E-state index in [-0.39, 0.29) is 0 Å². The van der Waals surface area contributed by atoms with Gasteiger partial charge in [0, 0.05) is 6.54 Å². The third-order valence-corrected chi connectivity index (χ3v) is 3.03. The minimum Gasteiger partial charge on any atom is -0.491 e. The standard InChI is InChI=1S/C16H20N2O/c1-12-6-5-7-13(2)16(12)19-11-10-18-15-9-4-3-8-14(15)17/h3-9,18H,10-11,17H2,1-2H3. The van der Waals surface area contributed by atoms with E-state index in [1.807, 2.05) is 30.3 Å². The Balaban J connectivity index is 1.86. The van der Waals surface area contributed by atoms with E-state index in [1.54, 1.807) is 0 Å². The van der Waals surface area contributed by atoms with Gasteiger partial charge in [0.2, 0.25) is 0 Å². The van der Waals surface area contributed by atoms with Crippen LogP contribution < -0.4 is 15.8 Å². The van der Waals surface area contributed by atoms with Crippen LogP contribution in [0.4, 0.5) is 11.4 Å². The van der Waals surface area contributed by atoms with Gasteiger partial charge in [-0.15, -0.1) is 0 Å². The van der Waals surface area contributed by atoms with Gasteiger partial charge >= 0.3 is 0 Å². The summed E-state index contributed by atoms with van der Waals surface area (Å²) in [4.78, 5) is 0. The number of hydrogen-bond acceptors (Lipinski definition) is 3. The summed E-state index contributed by atoms with van der Waals surface area (Å²) in [6, 6.07) is 13.9. The van der Waals surface area contributed by atoms with Crippen LogP contribution in [0, 0.1) is 13.8 Å². The number of para-hydroxylation sites is 3. The normalized spacial score (nSPS) is 10.2. The van der Waals surface area contributed by atoms with E-state index in [4.69, 9.17) is 10.5 Å². The second kappa shape index (κ2) is 6.14. The smallest absolute Gasteiger partial charge is 0.125 e. The Morgan fingerprint density at radius 1 is 1.00 bits per heavy atom. The molecule has 0 saturated heterocycles. The average Bonchev–Trinajstić information content (AvgIpc) is 2.39. The van der Waals surface area contributed by atoms with E-state index in [0.717, 1.165) is 23.7 Å². The second-order valence-corrected chi connectivity index (χ2v) is 4.58. The molecule has 2 aromatic carbocycles. The summed E-state index contributed by atoms with van der Waals surface area (Å²) >= 11 is 0. The highest BCUT2D eigenvalue weighted by atomic mass is 16.5. The highest BCUT2D eigenvalue weighted by Crippen LogP contribution is 2.22. The fourth-order valence-corrected chi connectivity index (χ4v) is 2.02.